The molecular formula is C15H19N3O2S. The van der Waals surface area contributed by atoms with E-state index in [4.69, 9.17) is 10.9 Å². The second-order valence-corrected chi connectivity index (χ2v) is 6.41. The number of sulfonamides is 1. The minimum atomic E-state index is -3.74. The van der Waals surface area contributed by atoms with Crippen molar-refractivity contribution in [1.29, 1.82) is 0 Å². The van der Waals surface area contributed by atoms with Crippen LogP contribution in [0.1, 0.15) is 12.5 Å². The quantitative estimate of drug-likeness (QED) is 0.849. The van der Waals surface area contributed by atoms with Gasteiger partial charge in [-0.3, -0.25) is 0 Å². The van der Waals surface area contributed by atoms with Crippen LogP contribution in [0.3, 0.4) is 0 Å². The predicted octanol–water partition coefficient (Wildman–Crippen LogP) is 2.38. The van der Waals surface area contributed by atoms with E-state index in [9.17, 15) is 8.42 Å². The van der Waals surface area contributed by atoms with Gasteiger partial charge in [-0.05, 0) is 49.7 Å². The summed E-state index contributed by atoms with van der Waals surface area (Å²) in [6.45, 7) is 4.74. The molecule has 0 aromatic heterocycles. The molecule has 0 unspecified atom stereocenters. The Morgan fingerprint density at radius 3 is 2.38 bits per heavy atom. The van der Waals surface area contributed by atoms with Gasteiger partial charge >= 0.3 is 0 Å². The maximum absolute atomic E-state index is 11.4. The van der Waals surface area contributed by atoms with E-state index in [1.54, 1.807) is 6.07 Å². The Hall–Kier alpha value is -2.05. The second kappa shape index (κ2) is 5.75. The zero-order valence-electron chi connectivity index (χ0n) is 12.1. The molecule has 0 spiro atoms. The van der Waals surface area contributed by atoms with Gasteiger partial charge in [-0.15, -0.1) is 0 Å². The molecule has 0 aliphatic rings. The van der Waals surface area contributed by atoms with Crippen LogP contribution in [0.5, 0.6) is 0 Å². The Bertz CT molecular complexity index is 757. The molecule has 0 aliphatic carbocycles. The van der Waals surface area contributed by atoms with Gasteiger partial charge < -0.3 is 10.6 Å². The smallest absolute Gasteiger partial charge is 0.238 e. The van der Waals surface area contributed by atoms with Crippen LogP contribution in [0.2, 0.25) is 0 Å². The number of hydrogen-bond acceptors (Lipinski definition) is 4. The fourth-order valence-electron chi connectivity index (χ4n) is 2.24. The van der Waals surface area contributed by atoms with Crippen LogP contribution in [0.15, 0.2) is 47.4 Å². The van der Waals surface area contributed by atoms with Crippen molar-refractivity contribution in [2.24, 2.45) is 5.14 Å². The van der Waals surface area contributed by atoms with Crippen molar-refractivity contribution in [2.45, 2.75) is 18.7 Å². The highest BCUT2D eigenvalue weighted by Gasteiger charge is 2.14. The zero-order valence-corrected chi connectivity index (χ0v) is 12.9. The maximum Gasteiger partial charge on any atom is 0.238 e. The summed E-state index contributed by atoms with van der Waals surface area (Å²) >= 11 is 0. The lowest BCUT2D eigenvalue weighted by Gasteiger charge is -2.25. The summed E-state index contributed by atoms with van der Waals surface area (Å²) in [4.78, 5) is 2.04. The lowest BCUT2D eigenvalue weighted by atomic mass is 10.1. The molecule has 0 amide bonds. The molecule has 2 aromatic carbocycles. The van der Waals surface area contributed by atoms with E-state index in [0.29, 0.717) is 12.2 Å². The molecule has 0 saturated heterocycles. The molecule has 112 valence electrons. The number of hydrogen-bond donors (Lipinski definition) is 2. The van der Waals surface area contributed by atoms with Crippen molar-refractivity contribution in [3.8, 4) is 0 Å². The number of aryl methyl sites for hydroxylation is 1. The maximum atomic E-state index is 11.4. The van der Waals surface area contributed by atoms with Crippen molar-refractivity contribution in [1.82, 2.24) is 0 Å². The molecule has 2 rings (SSSR count). The number of nitrogens with zero attached hydrogens (tertiary/aromatic N) is 1. The first-order valence-corrected chi connectivity index (χ1v) is 8.14. The topological polar surface area (TPSA) is 89.4 Å². The Labute approximate surface area is 125 Å². The van der Waals surface area contributed by atoms with Crippen LogP contribution in [0, 0.1) is 6.92 Å². The zero-order chi connectivity index (χ0) is 15.6. The summed E-state index contributed by atoms with van der Waals surface area (Å²) in [5.74, 6) is 0. The highest BCUT2D eigenvalue weighted by Crippen LogP contribution is 2.32. The van der Waals surface area contributed by atoms with E-state index >= 15 is 0 Å². The van der Waals surface area contributed by atoms with Crippen molar-refractivity contribution < 1.29 is 8.42 Å². The monoisotopic (exact) mass is 305 g/mol. The number of nitrogen functional groups attached to an aromatic ring is 1. The van der Waals surface area contributed by atoms with Gasteiger partial charge in [0, 0.05) is 12.2 Å². The van der Waals surface area contributed by atoms with Crippen LogP contribution in [-0.2, 0) is 10.0 Å². The van der Waals surface area contributed by atoms with Crippen LogP contribution in [0.4, 0.5) is 17.1 Å². The van der Waals surface area contributed by atoms with Crippen molar-refractivity contribution >= 4 is 27.1 Å². The van der Waals surface area contributed by atoms with Gasteiger partial charge in [0.2, 0.25) is 10.0 Å². The van der Waals surface area contributed by atoms with E-state index in [-0.39, 0.29) is 4.90 Å². The van der Waals surface area contributed by atoms with E-state index in [1.807, 2.05) is 36.9 Å². The van der Waals surface area contributed by atoms with Gasteiger partial charge in [-0.25, -0.2) is 13.6 Å². The van der Waals surface area contributed by atoms with Crippen LogP contribution in [-0.4, -0.2) is 15.0 Å². The molecule has 2 aromatic rings. The van der Waals surface area contributed by atoms with Crippen LogP contribution in [0.25, 0.3) is 0 Å². The molecule has 5 nitrogen and oxygen atoms in total. The van der Waals surface area contributed by atoms with Crippen molar-refractivity contribution in [2.75, 3.05) is 17.2 Å². The fourth-order valence-corrected chi connectivity index (χ4v) is 2.79. The molecule has 0 aliphatic heterocycles. The average molecular weight is 305 g/mol. The van der Waals surface area contributed by atoms with Crippen LogP contribution < -0.4 is 15.8 Å². The van der Waals surface area contributed by atoms with Crippen LogP contribution >= 0.6 is 0 Å². The lowest BCUT2D eigenvalue weighted by molar-refractivity contribution is 0.598. The third-order valence-corrected chi connectivity index (χ3v) is 4.16. The Morgan fingerprint density at radius 1 is 1.14 bits per heavy atom. The first-order valence-electron chi connectivity index (χ1n) is 6.59. The van der Waals surface area contributed by atoms with Gasteiger partial charge in [-0.1, -0.05) is 12.1 Å². The minimum absolute atomic E-state index is 0.0176. The van der Waals surface area contributed by atoms with Gasteiger partial charge in [-0.2, -0.15) is 0 Å². The first-order chi connectivity index (χ1) is 9.82. The molecule has 0 radical (unpaired) electrons. The summed E-state index contributed by atoms with van der Waals surface area (Å²) < 4.78 is 22.7. The third kappa shape index (κ3) is 3.34. The molecule has 6 heteroatoms. The fraction of sp³-hybridized carbons (Fsp3) is 0.200. The molecule has 21 heavy (non-hydrogen) atoms. The third-order valence-electron chi connectivity index (χ3n) is 3.25. The molecule has 0 saturated carbocycles. The van der Waals surface area contributed by atoms with Gasteiger partial charge in [0.25, 0.3) is 0 Å². The highest BCUT2D eigenvalue weighted by atomic mass is 32.2. The van der Waals surface area contributed by atoms with Gasteiger partial charge in [0.1, 0.15) is 0 Å². The minimum Gasteiger partial charge on any atom is -0.397 e. The molecule has 0 fully saturated rings. The number of nitrogens with two attached hydrogens (primary N) is 2. The summed E-state index contributed by atoms with van der Waals surface area (Å²) in [6.07, 6.45) is 0. The van der Waals surface area contributed by atoms with E-state index in [2.05, 4.69) is 6.07 Å². The Kier molecular flexibility index (Phi) is 4.20. The highest BCUT2D eigenvalue weighted by molar-refractivity contribution is 7.89. The van der Waals surface area contributed by atoms with E-state index in [1.165, 1.54) is 12.1 Å². The lowest BCUT2D eigenvalue weighted by Crippen LogP contribution is -2.18. The summed E-state index contributed by atoms with van der Waals surface area (Å²) in [7, 11) is -3.74. The predicted molar refractivity (Wildman–Crippen MR) is 86.1 cm³/mol. The summed E-state index contributed by atoms with van der Waals surface area (Å²) in [6, 6.07) is 12.6. The molecular weight excluding hydrogens is 286 g/mol. The SMILES string of the molecule is CCN(c1cccc(C)c1)c1ccc(S(N)(=O)=O)cc1N. The Balaban J connectivity index is 2.49. The normalized spacial score (nSPS) is 11.4. The van der Waals surface area contributed by atoms with Gasteiger partial charge in [0.15, 0.2) is 0 Å². The first kappa shape index (κ1) is 15.3. The number of primary sulfonamides is 1. The number of benzene rings is 2. The standard InChI is InChI=1S/C15H19N3O2S/c1-3-18(12-6-4-5-11(2)9-12)15-8-7-13(10-14(15)16)21(17,19)20/h4-10H,3,16H2,1-2H3,(H2,17,19,20). The second-order valence-electron chi connectivity index (χ2n) is 4.85. The van der Waals surface area contributed by atoms with E-state index in [0.717, 1.165) is 16.9 Å². The summed E-state index contributed by atoms with van der Waals surface area (Å²) in [5, 5.41) is 5.12. The number of anilines is 3. The molecule has 4 N–H and O–H groups in total. The van der Waals surface area contributed by atoms with Crippen molar-refractivity contribution in [3.63, 3.8) is 0 Å². The largest absolute Gasteiger partial charge is 0.397 e. The molecule has 0 bridgehead atoms. The Morgan fingerprint density at radius 2 is 1.86 bits per heavy atom. The average Bonchev–Trinajstić information content (AvgIpc) is 2.40. The number of rotatable bonds is 4. The summed E-state index contributed by atoms with van der Waals surface area (Å²) in [5.41, 5.74) is 9.30. The molecule has 0 heterocycles. The van der Waals surface area contributed by atoms with Crippen molar-refractivity contribution in [3.05, 3.63) is 48.0 Å². The van der Waals surface area contributed by atoms with E-state index < -0.39 is 10.0 Å². The van der Waals surface area contributed by atoms with Gasteiger partial charge in [0.05, 0.1) is 16.3 Å². The molecule has 0 atom stereocenters.